The fourth-order valence-electron chi connectivity index (χ4n) is 2.46. The fourth-order valence-corrected chi connectivity index (χ4v) is 2.83. The molecule has 2 N–H and O–H groups in total. The molecule has 0 saturated heterocycles. The highest BCUT2D eigenvalue weighted by molar-refractivity contribution is 9.10. The normalized spacial score (nSPS) is 11.0. The molecule has 0 fully saturated rings. The van der Waals surface area contributed by atoms with E-state index in [9.17, 15) is 23.1 Å². The van der Waals surface area contributed by atoms with Crippen LogP contribution >= 0.6 is 15.9 Å². The molecule has 30 heavy (non-hydrogen) atoms. The van der Waals surface area contributed by atoms with Crippen molar-refractivity contribution in [3.05, 3.63) is 64.3 Å². The van der Waals surface area contributed by atoms with Gasteiger partial charge in [0.2, 0.25) is 5.88 Å². The Bertz CT molecular complexity index is 1140. The third-order valence-corrected chi connectivity index (χ3v) is 4.30. The molecule has 3 aromatic rings. The van der Waals surface area contributed by atoms with E-state index in [0.717, 1.165) is 4.68 Å². The summed E-state index contributed by atoms with van der Waals surface area (Å²) >= 11 is 3.21. The van der Waals surface area contributed by atoms with E-state index in [2.05, 4.69) is 26.3 Å². The van der Waals surface area contributed by atoms with E-state index in [4.69, 9.17) is 10.00 Å². The average molecular weight is 481 g/mol. The van der Waals surface area contributed by atoms with Crippen LogP contribution in [0.3, 0.4) is 0 Å². The number of hydrogen-bond acceptors (Lipinski definition) is 5. The van der Waals surface area contributed by atoms with Gasteiger partial charge >= 0.3 is 6.18 Å². The molecule has 7 nitrogen and oxygen atoms in total. The zero-order valence-corrected chi connectivity index (χ0v) is 16.5. The minimum atomic E-state index is -4.75. The van der Waals surface area contributed by atoms with E-state index in [1.165, 1.54) is 36.4 Å². The first-order valence-electron chi connectivity index (χ1n) is 8.27. The number of benzene rings is 2. The van der Waals surface area contributed by atoms with Gasteiger partial charge in [-0.2, -0.15) is 28.2 Å². The maximum Gasteiger partial charge on any atom is 0.435 e. The third kappa shape index (κ3) is 4.72. The number of phenolic OH excluding ortho intramolecular Hbond substituents is 1. The summed E-state index contributed by atoms with van der Waals surface area (Å²) in [5.74, 6) is -1.42. The van der Waals surface area contributed by atoms with Crippen LogP contribution in [0.15, 0.2) is 53.0 Å². The molecule has 154 valence electrons. The molecule has 1 amide bonds. The molecule has 2 aromatic carbocycles. The molecule has 0 saturated carbocycles. The second kappa shape index (κ2) is 8.46. The lowest BCUT2D eigenvalue weighted by Gasteiger charge is -2.11. The van der Waals surface area contributed by atoms with Gasteiger partial charge < -0.3 is 15.2 Å². The summed E-state index contributed by atoms with van der Waals surface area (Å²) in [5, 5.41) is 25.0. The summed E-state index contributed by atoms with van der Waals surface area (Å²) in [6, 6.07) is 12.8. The van der Waals surface area contributed by atoms with Crippen LogP contribution in [0.25, 0.3) is 5.69 Å². The van der Waals surface area contributed by atoms with Crippen molar-refractivity contribution in [3.8, 4) is 23.4 Å². The van der Waals surface area contributed by atoms with Crippen LogP contribution < -0.4 is 10.1 Å². The van der Waals surface area contributed by atoms with Crippen LogP contribution in [-0.2, 0) is 11.0 Å². The highest BCUT2D eigenvalue weighted by atomic mass is 79.9. The van der Waals surface area contributed by atoms with Gasteiger partial charge in [0.1, 0.15) is 17.5 Å². The Labute approximate surface area is 176 Å². The van der Waals surface area contributed by atoms with Crippen LogP contribution in [0.2, 0.25) is 0 Å². The topological polar surface area (TPSA) is 100 Å². The summed E-state index contributed by atoms with van der Waals surface area (Å²) in [4.78, 5) is 12.2. The molecular formula is C19H12BrF3N4O3. The highest BCUT2D eigenvalue weighted by Crippen LogP contribution is 2.34. The zero-order chi connectivity index (χ0) is 21.9. The predicted octanol–water partition coefficient (Wildman–Crippen LogP) is 4.25. The van der Waals surface area contributed by atoms with Crippen molar-refractivity contribution in [1.29, 1.82) is 5.26 Å². The summed E-state index contributed by atoms with van der Waals surface area (Å²) in [6.45, 7) is -0.655. The molecule has 0 aliphatic carbocycles. The summed E-state index contributed by atoms with van der Waals surface area (Å²) in [5.41, 5.74) is -0.889. The Morgan fingerprint density at radius 1 is 1.27 bits per heavy atom. The summed E-state index contributed by atoms with van der Waals surface area (Å²) in [7, 11) is 0. The van der Waals surface area contributed by atoms with Crippen molar-refractivity contribution in [2.75, 3.05) is 11.9 Å². The number of phenols is 1. The number of hydrogen-bond donors (Lipinski definition) is 2. The van der Waals surface area contributed by atoms with Crippen molar-refractivity contribution in [2.24, 2.45) is 0 Å². The van der Waals surface area contributed by atoms with E-state index >= 15 is 0 Å². The van der Waals surface area contributed by atoms with E-state index in [0.29, 0.717) is 10.5 Å². The molecule has 3 rings (SSSR count). The number of amides is 1. The van der Waals surface area contributed by atoms with E-state index in [1.807, 2.05) is 6.07 Å². The number of ether oxygens (including phenoxy) is 1. The average Bonchev–Trinajstić information content (AvgIpc) is 3.12. The molecule has 0 aliphatic rings. The Morgan fingerprint density at radius 2 is 2.00 bits per heavy atom. The van der Waals surface area contributed by atoms with Gasteiger partial charge in [-0.15, -0.1) is 0 Å². The zero-order valence-electron chi connectivity index (χ0n) is 14.9. The van der Waals surface area contributed by atoms with Crippen LogP contribution in [0.5, 0.6) is 11.6 Å². The van der Waals surface area contributed by atoms with Gasteiger partial charge in [-0.1, -0.05) is 28.1 Å². The molecule has 11 heteroatoms. The van der Waals surface area contributed by atoms with Gasteiger partial charge in [0, 0.05) is 10.5 Å². The van der Waals surface area contributed by atoms with Crippen molar-refractivity contribution in [3.63, 3.8) is 0 Å². The number of carbonyl (C=O) groups excluding carboxylic acids is 1. The lowest BCUT2D eigenvalue weighted by atomic mass is 10.2. The monoisotopic (exact) mass is 480 g/mol. The number of aromatic nitrogens is 2. The number of rotatable bonds is 5. The number of halogens is 4. The van der Waals surface area contributed by atoms with Crippen LogP contribution in [-0.4, -0.2) is 27.4 Å². The first kappa shape index (κ1) is 21.2. The molecule has 1 heterocycles. The minimum absolute atomic E-state index is 0.0527. The SMILES string of the molecule is N#Cc1cc(Br)ccc1NC(=O)COc1cc(C(F)(F)F)nn1-c1ccccc1O. The van der Waals surface area contributed by atoms with Crippen LogP contribution in [0, 0.1) is 11.3 Å². The first-order valence-corrected chi connectivity index (χ1v) is 9.06. The largest absolute Gasteiger partial charge is 0.506 e. The number of nitrogens with zero attached hydrogens (tertiary/aromatic N) is 3. The quantitative estimate of drug-likeness (QED) is 0.568. The van der Waals surface area contributed by atoms with Crippen molar-refractivity contribution in [2.45, 2.75) is 6.18 Å². The maximum absolute atomic E-state index is 13.1. The second-order valence-corrected chi connectivity index (χ2v) is 6.82. The van der Waals surface area contributed by atoms with Gasteiger partial charge in [0.15, 0.2) is 12.3 Å². The number of carbonyl (C=O) groups is 1. The van der Waals surface area contributed by atoms with Crippen LogP contribution in [0.4, 0.5) is 18.9 Å². The molecule has 0 unspecified atom stereocenters. The maximum atomic E-state index is 13.1. The number of alkyl halides is 3. The van der Waals surface area contributed by atoms with Gasteiger partial charge in [-0.05, 0) is 30.3 Å². The Hall–Kier alpha value is -3.52. The molecule has 0 aliphatic heterocycles. The Kier molecular flexibility index (Phi) is 5.98. The lowest BCUT2D eigenvalue weighted by Crippen LogP contribution is -2.21. The van der Waals surface area contributed by atoms with Crippen molar-refractivity contribution in [1.82, 2.24) is 9.78 Å². The second-order valence-electron chi connectivity index (χ2n) is 5.90. The number of para-hydroxylation sites is 2. The van der Waals surface area contributed by atoms with Crippen molar-refractivity contribution >= 4 is 27.5 Å². The Balaban J connectivity index is 1.83. The predicted molar refractivity (Wildman–Crippen MR) is 103 cm³/mol. The first-order chi connectivity index (χ1) is 14.2. The fraction of sp³-hybridized carbons (Fsp3) is 0.105. The van der Waals surface area contributed by atoms with Crippen LogP contribution in [0.1, 0.15) is 11.3 Å². The number of anilines is 1. The number of nitrogens with one attached hydrogen (secondary N) is 1. The standard InChI is InChI=1S/C19H12BrF3N4O3/c20-12-5-6-13(11(7-12)9-24)25-17(29)10-30-18-8-16(19(21,22)23)26-27(18)14-3-1-2-4-15(14)28/h1-8,28H,10H2,(H,25,29). The highest BCUT2D eigenvalue weighted by Gasteiger charge is 2.36. The molecule has 0 atom stereocenters. The molecule has 1 aromatic heterocycles. The summed E-state index contributed by atoms with van der Waals surface area (Å²) in [6.07, 6.45) is -4.75. The molecule has 0 radical (unpaired) electrons. The molecular weight excluding hydrogens is 469 g/mol. The van der Waals surface area contributed by atoms with Gasteiger partial charge in [0.05, 0.1) is 11.3 Å². The smallest absolute Gasteiger partial charge is 0.435 e. The number of nitriles is 1. The minimum Gasteiger partial charge on any atom is -0.506 e. The summed E-state index contributed by atoms with van der Waals surface area (Å²) < 4.78 is 45.9. The molecule has 0 spiro atoms. The third-order valence-electron chi connectivity index (χ3n) is 3.80. The number of aromatic hydroxyl groups is 1. The molecule has 0 bridgehead atoms. The van der Waals surface area contributed by atoms with E-state index < -0.39 is 30.3 Å². The van der Waals surface area contributed by atoms with E-state index in [-0.39, 0.29) is 22.7 Å². The Morgan fingerprint density at radius 3 is 2.67 bits per heavy atom. The van der Waals surface area contributed by atoms with E-state index in [1.54, 1.807) is 6.07 Å². The van der Waals surface area contributed by atoms with Crippen molar-refractivity contribution < 1.29 is 27.8 Å². The van der Waals surface area contributed by atoms with Gasteiger partial charge in [-0.3, -0.25) is 4.79 Å². The van der Waals surface area contributed by atoms with Gasteiger partial charge in [-0.25, -0.2) is 0 Å². The van der Waals surface area contributed by atoms with Gasteiger partial charge in [0.25, 0.3) is 5.91 Å². The lowest BCUT2D eigenvalue weighted by molar-refractivity contribution is -0.141.